The first-order chi connectivity index (χ1) is 16.6. The minimum absolute atomic E-state index is 0.125. The number of unbranched alkanes of at least 4 members (excludes halogenated alkanes) is 6. The highest BCUT2D eigenvalue weighted by atomic mass is 35.5. The van der Waals surface area contributed by atoms with Gasteiger partial charge >= 0.3 is 5.97 Å². The van der Waals surface area contributed by atoms with Crippen molar-refractivity contribution >= 4 is 40.5 Å². The minimum Gasteiger partial charge on any atom is -0.422 e. The second-order valence-electron chi connectivity index (χ2n) is 8.23. The number of fused-ring (bicyclic) bond motifs is 1. The molecule has 178 valence electrons. The Morgan fingerprint density at radius 1 is 0.912 bits per heavy atom. The van der Waals surface area contributed by atoms with Crippen LogP contribution >= 0.6 is 11.6 Å². The van der Waals surface area contributed by atoms with Crippen molar-refractivity contribution in [2.45, 2.75) is 58.3 Å². The summed E-state index contributed by atoms with van der Waals surface area (Å²) in [6, 6.07) is 18.1. The van der Waals surface area contributed by atoms with E-state index in [0.29, 0.717) is 22.8 Å². The number of ether oxygens (including phenoxy) is 1. The third-order valence-corrected chi connectivity index (χ3v) is 5.95. The molecule has 0 aliphatic heterocycles. The Bertz CT molecular complexity index is 1140. The monoisotopic (exact) mass is 478 g/mol. The highest BCUT2D eigenvalue weighted by Crippen LogP contribution is 2.28. The van der Waals surface area contributed by atoms with E-state index in [2.05, 4.69) is 17.5 Å². The van der Waals surface area contributed by atoms with Gasteiger partial charge in [-0.3, -0.25) is 4.79 Å². The summed E-state index contributed by atoms with van der Waals surface area (Å²) >= 11 is 6.15. The molecular weight excluding hydrogens is 448 g/mol. The number of hydrogen-bond acceptors (Lipinski definition) is 4. The van der Waals surface area contributed by atoms with Gasteiger partial charge in [0.2, 0.25) is 5.91 Å². The Hall–Kier alpha value is -3.18. The van der Waals surface area contributed by atoms with E-state index in [0.717, 1.165) is 30.0 Å². The van der Waals surface area contributed by atoms with Crippen molar-refractivity contribution in [2.75, 3.05) is 0 Å². The van der Waals surface area contributed by atoms with Crippen LogP contribution < -0.4 is 10.2 Å². The Morgan fingerprint density at radius 2 is 1.62 bits per heavy atom. The van der Waals surface area contributed by atoms with Crippen LogP contribution in [0.3, 0.4) is 0 Å². The van der Waals surface area contributed by atoms with Crippen LogP contribution in [0.15, 0.2) is 65.8 Å². The van der Waals surface area contributed by atoms with Crippen LogP contribution in [0.5, 0.6) is 5.75 Å². The number of hydrazone groups is 1. The summed E-state index contributed by atoms with van der Waals surface area (Å²) in [6.45, 7) is 2.20. The first-order valence-electron chi connectivity index (χ1n) is 11.9. The molecule has 0 bridgehead atoms. The SMILES string of the molecule is CCCCCCCCCC(=O)NN=Cc1c(OC(=O)c2ccccc2Cl)ccc2ccccc12. The number of benzene rings is 3. The molecule has 0 spiro atoms. The summed E-state index contributed by atoms with van der Waals surface area (Å²) in [6.07, 6.45) is 10.0. The van der Waals surface area contributed by atoms with E-state index in [4.69, 9.17) is 16.3 Å². The molecule has 34 heavy (non-hydrogen) atoms. The van der Waals surface area contributed by atoms with Crippen molar-refractivity contribution in [3.8, 4) is 5.75 Å². The molecule has 0 saturated carbocycles. The molecule has 0 fully saturated rings. The maximum atomic E-state index is 12.7. The van der Waals surface area contributed by atoms with Gasteiger partial charge in [0.15, 0.2) is 0 Å². The molecule has 0 heterocycles. The van der Waals surface area contributed by atoms with Gasteiger partial charge in [0.1, 0.15) is 5.75 Å². The molecule has 0 aromatic heterocycles. The van der Waals surface area contributed by atoms with E-state index in [1.54, 1.807) is 30.3 Å². The lowest BCUT2D eigenvalue weighted by Gasteiger charge is -2.11. The maximum Gasteiger partial charge on any atom is 0.345 e. The van der Waals surface area contributed by atoms with Crippen molar-refractivity contribution in [1.29, 1.82) is 0 Å². The number of carbonyl (C=O) groups excluding carboxylic acids is 2. The van der Waals surface area contributed by atoms with E-state index in [9.17, 15) is 9.59 Å². The zero-order valence-corrected chi connectivity index (χ0v) is 20.3. The van der Waals surface area contributed by atoms with E-state index in [-0.39, 0.29) is 11.5 Å². The molecule has 3 aromatic rings. The quantitative estimate of drug-likeness (QED) is 0.0975. The van der Waals surface area contributed by atoms with E-state index in [1.165, 1.54) is 31.9 Å². The fraction of sp³-hybridized carbons (Fsp3) is 0.321. The van der Waals surface area contributed by atoms with Gasteiger partial charge in [-0.25, -0.2) is 10.2 Å². The summed E-state index contributed by atoms with van der Waals surface area (Å²) in [4.78, 5) is 24.9. The fourth-order valence-corrected chi connectivity index (χ4v) is 3.96. The molecular formula is C28H31ClN2O3. The molecule has 0 atom stereocenters. The Kier molecular flexibility index (Phi) is 10.1. The molecule has 0 aliphatic rings. The van der Waals surface area contributed by atoms with Crippen LogP contribution in [-0.4, -0.2) is 18.1 Å². The smallest absolute Gasteiger partial charge is 0.345 e. The van der Waals surface area contributed by atoms with Crippen molar-refractivity contribution in [1.82, 2.24) is 5.43 Å². The molecule has 5 nitrogen and oxygen atoms in total. The lowest BCUT2D eigenvalue weighted by Crippen LogP contribution is -2.17. The van der Waals surface area contributed by atoms with Gasteiger partial charge in [0.05, 0.1) is 16.8 Å². The molecule has 0 saturated heterocycles. The predicted octanol–water partition coefficient (Wildman–Crippen LogP) is 7.30. The average molecular weight is 479 g/mol. The lowest BCUT2D eigenvalue weighted by molar-refractivity contribution is -0.121. The first-order valence-corrected chi connectivity index (χ1v) is 12.3. The van der Waals surface area contributed by atoms with Crippen LogP contribution in [0.2, 0.25) is 5.02 Å². The average Bonchev–Trinajstić information content (AvgIpc) is 2.84. The lowest BCUT2D eigenvalue weighted by atomic mass is 10.0. The van der Waals surface area contributed by atoms with E-state index >= 15 is 0 Å². The number of esters is 1. The number of halogens is 1. The fourth-order valence-electron chi connectivity index (χ4n) is 3.75. The molecule has 0 unspecified atom stereocenters. The first kappa shape index (κ1) is 25.4. The largest absolute Gasteiger partial charge is 0.422 e. The number of rotatable bonds is 12. The van der Waals surface area contributed by atoms with Crippen LogP contribution in [0, 0.1) is 0 Å². The molecule has 3 aromatic carbocycles. The van der Waals surface area contributed by atoms with Gasteiger partial charge in [-0.1, -0.05) is 99.5 Å². The van der Waals surface area contributed by atoms with Crippen molar-refractivity contribution in [3.05, 3.63) is 76.8 Å². The third-order valence-electron chi connectivity index (χ3n) is 5.62. The topological polar surface area (TPSA) is 67.8 Å². The highest BCUT2D eigenvalue weighted by Gasteiger charge is 2.15. The summed E-state index contributed by atoms with van der Waals surface area (Å²) in [5.74, 6) is -0.341. The van der Waals surface area contributed by atoms with Crippen LogP contribution in [0.25, 0.3) is 10.8 Å². The number of hydrogen-bond donors (Lipinski definition) is 1. The number of amides is 1. The second-order valence-corrected chi connectivity index (χ2v) is 8.64. The van der Waals surface area contributed by atoms with Gasteiger partial charge in [-0.05, 0) is 35.4 Å². The van der Waals surface area contributed by atoms with Crippen molar-refractivity contribution in [2.24, 2.45) is 5.10 Å². The standard InChI is InChI=1S/C28H31ClN2O3/c1-2-3-4-5-6-7-8-17-27(32)31-30-20-24-22-14-10-9-13-21(22)18-19-26(24)34-28(33)23-15-11-12-16-25(23)29/h9-16,18-20H,2-8,17H2,1H3,(H,31,32). The summed E-state index contributed by atoms with van der Waals surface area (Å²) in [5.41, 5.74) is 3.48. The molecule has 6 heteroatoms. The van der Waals surface area contributed by atoms with Crippen molar-refractivity contribution in [3.63, 3.8) is 0 Å². The van der Waals surface area contributed by atoms with Gasteiger partial charge in [-0.15, -0.1) is 0 Å². The van der Waals surface area contributed by atoms with Crippen LogP contribution in [0.1, 0.15) is 74.2 Å². The van der Waals surface area contributed by atoms with Gasteiger partial charge in [0, 0.05) is 12.0 Å². The number of nitrogens with one attached hydrogen (secondary N) is 1. The normalized spacial score (nSPS) is 11.1. The Morgan fingerprint density at radius 3 is 2.41 bits per heavy atom. The zero-order valence-electron chi connectivity index (χ0n) is 19.6. The highest BCUT2D eigenvalue weighted by molar-refractivity contribution is 6.33. The minimum atomic E-state index is -0.557. The zero-order chi connectivity index (χ0) is 24.2. The van der Waals surface area contributed by atoms with Gasteiger partial charge < -0.3 is 4.74 Å². The van der Waals surface area contributed by atoms with Gasteiger partial charge in [-0.2, -0.15) is 5.10 Å². The number of nitrogens with zero attached hydrogens (tertiary/aromatic N) is 1. The molecule has 1 N–H and O–H groups in total. The van der Waals surface area contributed by atoms with Crippen molar-refractivity contribution < 1.29 is 14.3 Å². The van der Waals surface area contributed by atoms with Crippen LogP contribution in [0.4, 0.5) is 0 Å². The third kappa shape index (κ3) is 7.42. The molecule has 3 rings (SSSR count). The van der Waals surface area contributed by atoms with E-state index in [1.807, 2.05) is 30.3 Å². The molecule has 0 radical (unpaired) electrons. The number of carbonyl (C=O) groups is 2. The second kappa shape index (κ2) is 13.5. The summed E-state index contributed by atoms with van der Waals surface area (Å²) < 4.78 is 5.67. The molecule has 1 amide bonds. The summed E-state index contributed by atoms with van der Waals surface area (Å²) in [7, 11) is 0. The Labute approximate surface area is 206 Å². The maximum absolute atomic E-state index is 12.7. The van der Waals surface area contributed by atoms with Gasteiger partial charge in [0.25, 0.3) is 0 Å². The Balaban J connectivity index is 1.66. The summed E-state index contributed by atoms with van der Waals surface area (Å²) in [5, 5.41) is 6.29. The van der Waals surface area contributed by atoms with E-state index < -0.39 is 5.97 Å². The predicted molar refractivity (Wildman–Crippen MR) is 139 cm³/mol. The van der Waals surface area contributed by atoms with Crippen LogP contribution in [-0.2, 0) is 4.79 Å². The molecule has 0 aliphatic carbocycles.